The molecular weight excluding hydrogens is 320 g/mol. The zero-order valence-electron chi connectivity index (χ0n) is 14.9. The van der Waals surface area contributed by atoms with Crippen LogP contribution in [-0.4, -0.2) is 44.2 Å². The van der Waals surface area contributed by atoms with Crippen molar-refractivity contribution in [2.24, 2.45) is 5.16 Å². The highest BCUT2D eigenvalue weighted by Crippen LogP contribution is 2.09. The molecule has 25 heavy (non-hydrogen) atoms. The van der Waals surface area contributed by atoms with E-state index in [1.165, 1.54) is 0 Å². The molecule has 0 bridgehead atoms. The molecule has 1 atom stereocenters. The summed E-state index contributed by atoms with van der Waals surface area (Å²) in [4.78, 5) is 17.3. The summed E-state index contributed by atoms with van der Waals surface area (Å²) < 4.78 is 11.0. The standard InChI is InChI=1S/C19H28N2O4/c1-2-18(19(22)20-14-16-10-13-23-15-16)21-25-12-7-6-11-24-17-8-4-3-5-9-17/h3-5,8,14,17H,2,6-7,9-13,15H2,1H3,(H,20,22)/b16-14+,21-18+. The van der Waals surface area contributed by atoms with E-state index in [4.69, 9.17) is 14.3 Å². The van der Waals surface area contributed by atoms with Gasteiger partial charge < -0.3 is 19.6 Å². The first kappa shape index (κ1) is 19.4. The zero-order chi connectivity index (χ0) is 17.7. The maximum absolute atomic E-state index is 12.0. The van der Waals surface area contributed by atoms with Crippen molar-refractivity contribution in [3.8, 4) is 0 Å². The van der Waals surface area contributed by atoms with Crippen molar-refractivity contribution in [3.63, 3.8) is 0 Å². The quantitative estimate of drug-likeness (QED) is 0.374. The third-order valence-electron chi connectivity index (χ3n) is 3.94. The average Bonchev–Trinajstić information content (AvgIpc) is 3.16. The van der Waals surface area contributed by atoms with E-state index in [1.54, 1.807) is 6.20 Å². The summed E-state index contributed by atoms with van der Waals surface area (Å²) in [5.74, 6) is -0.220. The summed E-state index contributed by atoms with van der Waals surface area (Å²) in [6.07, 6.45) is 14.2. The van der Waals surface area contributed by atoms with Gasteiger partial charge >= 0.3 is 0 Å². The van der Waals surface area contributed by atoms with Gasteiger partial charge in [-0.2, -0.15) is 0 Å². The Labute approximate surface area is 149 Å². The molecule has 1 saturated heterocycles. The van der Waals surface area contributed by atoms with Gasteiger partial charge in [0, 0.05) is 12.8 Å². The van der Waals surface area contributed by atoms with Crippen molar-refractivity contribution in [3.05, 3.63) is 36.1 Å². The molecule has 1 heterocycles. The molecule has 6 heteroatoms. The van der Waals surface area contributed by atoms with E-state index in [-0.39, 0.29) is 12.0 Å². The Morgan fingerprint density at radius 3 is 3.00 bits per heavy atom. The van der Waals surface area contributed by atoms with E-state index < -0.39 is 0 Å². The topological polar surface area (TPSA) is 69.2 Å². The summed E-state index contributed by atoms with van der Waals surface area (Å²) in [6, 6.07) is 0. The highest BCUT2D eigenvalue weighted by Gasteiger charge is 2.11. The molecule has 1 aliphatic heterocycles. The number of allylic oxidation sites excluding steroid dienone is 2. The van der Waals surface area contributed by atoms with Crippen molar-refractivity contribution < 1.29 is 19.1 Å². The molecule has 0 aromatic carbocycles. The number of nitrogens with one attached hydrogen (secondary N) is 1. The molecule has 138 valence electrons. The van der Waals surface area contributed by atoms with Gasteiger partial charge in [0.05, 0.1) is 19.3 Å². The summed E-state index contributed by atoms with van der Waals surface area (Å²) in [5.41, 5.74) is 1.49. The Bertz CT molecular complexity index is 530. The van der Waals surface area contributed by atoms with Gasteiger partial charge in [-0.05, 0) is 37.7 Å². The van der Waals surface area contributed by atoms with E-state index >= 15 is 0 Å². The number of ether oxygens (including phenoxy) is 2. The molecule has 2 rings (SSSR count). The van der Waals surface area contributed by atoms with Gasteiger partial charge in [-0.25, -0.2) is 0 Å². The van der Waals surface area contributed by atoms with Crippen molar-refractivity contribution in [1.82, 2.24) is 5.32 Å². The first-order valence-electron chi connectivity index (χ1n) is 9.00. The molecule has 0 saturated carbocycles. The smallest absolute Gasteiger partial charge is 0.272 e. The van der Waals surface area contributed by atoms with E-state index in [9.17, 15) is 4.79 Å². The molecule has 1 aliphatic carbocycles. The third kappa shape index (κ3) is 7.67. The SMILES string of the molecule is CC/C(=N\OCCCCOC1C=CC=CC1)C(=O)N/C=C1\CCOC1. The van der Waals surface area contributed by atoms with Crippen LogP contribution in [0.15, 0.2) is 41.2 Å². The van der Waals surface area contributed by atoms with Crippen LogP contribution in [0.4, 0.5) is 0 Å². The first-order valence-corrected chi connectivity index (χ1v) is 9.00. The second-order valence-electron chi connectivity index (χ2n) is 5.97. The van der Waals surface area contributed by atoms with E-state index in [0.717, 1.165) is 37.9 Å². The molecular formula is C19H28N2O4. The first-order chi connectivity index (χ1) is 12.3. The van der Waals surface area contributed by atoms with E-state index in [1.807, 2.05) is 19.1 Å². The molecule has 6 nitrogen and oxygen atoms in total. The van der Waals surface area contributed by atoms with Crippen LogP contribution in [0.5, 0.6) is 0 Å². The fourth-order valence-electron chi connectivity index (χ4n) is 2.42. The number of unbranched alkanes of at least 4 members (excludes halogenated alkanes) is 1. The Balaban J connectivity index is 1.56. The Hall–Kier alpha value is -1.92. The minimum absolute atomic E-state index is 0.193. The van der Waals surface area contributed by atoms with Crippen molar-refractivity contribution in [2.45, 2.75) is 45.1 Å². The lowest BCUT2D eigenvalue weighted by molar-refractivity contribution is -0.114. The molecule has 0 aromatic heterocycles. The number of oxime groups is 1. The van der Waals surface area contributed by atoms with Gasteiger partial charge in [-0.1, -0.05) is 36.4 Å². The van der Waals surface area contributed by atoms with Crippen molar-refractivity contribution in [1.29, 1.82) is 0 Å². The fraction of sp³-hybridized carbons (Fsp3) is 0.579. The molecule has 1 fully saturated rings. The van der Waals surface area contributed by atoms with Crippen LogP contribution in [0.25, 0.3) is 0 Å². The van der Waals surface area contributed by atoms with Crippen LogP contribution in [0.1, 0.15) is 39.0 Å². The lowest BCUT2D eigenvalue weighted by atomic mass is 10.1. The average molecular weight is 348 g/mol. The maximum atomic E-state index is 12.0. The number of hydrogen-bond acceptors (Lipinski definition) is 5. The maximum Gasteiger partial charge on any atom is 0.272 e. The third-order valence-corrected chi connectivity index (χ3v) is 3.94. The van der Waals surface area contributed by atoms with Gasteiger partial charge in [-0.3, -0.25) is 4.79 Å². The lowest BCUT2D eigenvalue weighted by Gasteiger charge is -2.13. The number of carbonyl (C=O) groups is 1. The van der Waals surface area contributed by atoms with Crippen molar-refractivity contribution in [2.75, 3.05) is 26.4 Å². The van der Waals surface area contributed by atoms with E-state index in [0.29, 0.717) is 32.0 Å². The second-order valence-corrected chi connectivity index (χ2v) is 5.97. The molecule has 1 unspecified atom stereocenters. The summed E-state index contributed by atoms with van der Waals surface area (Å²) >= 11 is 0. The zero-order valence-corrected chi connectivity index (χ0v) is 14.9. The monoisotopic (exact) mass is 348 g/mol. The molecule has 0 aromatic rings. The normalized spacial score (nSPS) is 21.7. The van der Waals surface area contributed by atoms with Crippen LogP contribution in [0.2, 0.25) is 0 Å². The number of carbonyl (C=O) groups excluding carboxylic acids is 1. The van der Waals surface area contributed by atoms with E-state index in [2.05, 4.69) is 22.6 Å². The minimum Gasteiger partial charge on any atom is -0.395 e. The van der Waals surface area contributed by atoms with Crippen molar-refractivity contribution >= 4 is 11.6 Å². The largest absolute Gasteiger partial charge is 0.395 e. The van der Waals surface area contributed by atoms with Gasteiger partial charge in [0.2, 0.25) is 0 Å². The number of amides is 1. The van der Waals surface area contributed by atoms with Crippen LogP contribution in [-0.2, 0) is 19.1 Å². The van der Waals surface area contributed by atoms with Gasteiger partial charge in [-0.15, -0.1) is 0 Å². The highest BCUT2D eigenvalue weighted by molar-refractivity contribution is 6.38. The Kier molecular flexibility index (Phi) is 9.01. The predicted octanol–water partition coefficient (Wildman–Crippen LogP) is 2.87. The van der Waals surface area contributed by atoms with Gasteiger partial charge in [0.1, 0.15) is 12.3 Å². The number of hydrogen-bond donors (Lipinski definition) is 1. The molecule has 2 aliphatic rings. The van der Waals surface area contributed by atoms with Crippen LogP contribution < -0.4 is 5.32 Å². The molecule has 0 spiro atoms. The van der Waals surface area contributed by atoms with Gasteiger partial charge in [0.25, 0.3) is 5.91 Å². The predicted molar refractivity (Wildman–Crippen MR) is 97.2 cm³/mol. The van der Waals surface area contributed by atoms with Gasteiger partial charge in [0.15, 0.2) is 0 Å². The van der Waals surface area contributed by atoms with Crippen LogP contribution in [0.3, 0.4) is 0 Å². The molecule has 0 radical (unpaired) electrons. The van der Waals surface area contributed by atoms with Crippen LogP contribution in [0, 0.1) is 0 Å². The Morgan fingerprint density at radius 2 is 2.28 bits per heavy atom. The number of rotatable bonds is 10. The van der Waals surface area contributed by atoms with Crippen LogP contribution >= 0.6 is 0 Å². The number of nitrogens with zero attached hydrogens (tertiary/aromatic N) is 1. The lowest BCUT2D eigenvalue weighted by Crippen LogP contribution is -2.27. The minimum atomic E-state index is -0.220. The Morgan fingerprint density at radius 1 is 1.40 bits per heavy atom. The second kappa shape index (κ2) is 11.6. The molecule has 1 N–H and O–H groups in total. The summed E-state index contributed by atoms with van der Waals surface area (Å²) in [6.45, 7) is 4.37. The fourth-order valence-corrected chi connectivity index (χ4v) is 2.42. The summed E-state index contributed by atoms with van der Waals surface area (Å²) in [5, 5.41) is 6.71. The highest BCUT2D eigenvalue weighted by atomic mass is 16.6. The molecule has 1 amide bonds. The summed E-state index contributed by atoms with van der Waals surface area (Å²) in [7, 11) is 0.